The van der Waals surface area contributed by atoms with Crippen molar-refractivity contribution in [3.05, 3.63) is 58.9 Å². The molecule has 0 radical (unpaired) electrons. The lowest BCUT2D eigenvalue weighted by atomic mass is 10.0. The Kier molecular flexibility index (Phi) is 4.20. The Hall–Kier alpha value is -2.89. The van der Waals surface area contributed by atoms with Crippen LogP contribution in [0.1, 0.15) is 46.3 Å². The van der Waals surface area contributed by atoms with Gasteiger partial charge >= 0.3 is 0 Å². The molecule has 0 saturated heterocycles. The average molecular weight is 325 g/mol. The molecule has 1 amide bonds. The first-order valence-electron chi connectivity index (χ1n) is 7.73. The van der Waals surface area contributed by atoms with Gasteiger partial charge in [0, 0.05) is 12.5 Å². The summed E-state index contributed by atoms with van der Waals surface area (Å²) in [6, 6.07) is 8.93. The topological polar surface area (TPSA) is 81.2 Å². The molecule has 0 aliphatic heterocycles. The fourth-order valence-corrected chi connectivity index (χ4v) is 2.71. The molecule has 2 heterocycles. The highest BCUT2D eigenvalue weighted by Gasteiger charge is 2.20. The van der Waals surface area contributed by atoms with Gasteiger partial charge in [0.25, 0.3) is 5.91 Å². The average Bonchev–Trinajstić information content (AvgIpc) is 3.12. The van der Waals surface area contributed by atoms with Gasteiger partial charge in [-0.3, -0.25) is 4.79 Å². The van der Waals surface area contributed by atoms with Crippen LogP contribution in [0.25, 0.3) is 11.5 Å². The van der Waals surface area contributed by atoms with Crippen molar-refractivity contribution in [2.24, 2.45) is 0 Å². The van der Waals surface area contributed by atoms with Crippen LogP contribution in [0.2, 0.25) is 0 Å². The number of nitrogens with one attached hydrogen (secondary N) is 1. The van der Waals surface area contributed by atoms with Crippen LogP contribution in [0, 0.1) is 20.8 Å². The van der Waals surface area contributed by atoms with E-state index in [1.165, 1.54) is 0 Å². The lowest BCUT2D eigenvalue weighted by Gasteiger charge is -2.14. The summed E-state index contributed by atoms with van der Waals surface area (Å²) >= 11 is 0. The first-order chi connectivity index (χ1) is 11.5. The fourth-order valence-electron chi connectivity index (χ4n) is 2.71. The van der Waals surface area contributed by atoms with Crippen LogP contribution in [-0.2, 0) is 0 Å². The van der Waals surface area contributed by atoms with Crippen molar-refractivity contribution in [1.82, 2.24) is 15.5 Å². The third-order valence-corrected chi connectivity index (χ3v) is 3.82. The molecule has 2 aromatic heterocycles. The van der Waals surface area contributed by atoms with Crippen LogP contribution in [-0.4, -0.2) is 16.1 Å². The predicted molar refractivity (Wildman–Crippen MR) is 88.5 cm³/mol. The molecule has 124 valence electrons. The zero-order valence-corrected chi connectivity index (χ0v) is 14.1. The molecule has 1 aromatic carbocycles. The normalized spacial score (nSPS) is 12.2. The second-order valence-corrected chi connectivity index (χ2v) is 5.74. The lowest BCUT2D eigenvalue weighted by molar-refractivity contribution is 0.0940. The van der Waals surface area contributed by atoms with E-state index in [2.05, 4.69) is 15.5 Å². The second kappa shape index (κ2) is 6.31. The van der Waals surface area contributed by atoms with Gasteiger partial charge in [-0.15, -0.1) is 10.2 Å². The van der Waals surface area contributed by atoms with Gasteiger partial charge in [0.1, 0.15) is 11.5 Å². The highest BCUT2D eigenvalue weighted by Crippen LogP contribution is 2.25. The lowest BCUT2D eigenvalue weighted by Crippen LogP contribution is -2.27. The third-order valence-electron chi connectivity index (χ3n) is 3.82. The molecule has 1 N–H and O–H groups in total. The summed E-state index contributed by atoms with van der Waals surface area (Å²) in [5.41, 5.74) is 2.07. The van der Waals surface area contributed by atoms with Gasteiger partial charge in [-0.1, -0.05) is 12.1 Å². The zero-order chi connectivity index (χ0) is 17.3. The molecular formula is C18H19N3O3. The van der Waals surface area contributed by atoms with Crippen molar-refractivity contribution >= 4 is 5.91 Å². The molecule has 0 fully saturated rings. The molecule has 0 spiro atoms. The van der Waals surface area contributed by atoms with Crippen molar-refractivity contribution in [2.75, 3.05) is 0 Å². The van der Waals surface area contributed by atoms with E-state index in [0.717, 1.165) is 17.1 Å². The summed E-state index contributed by atoms with van der Waals surface area (Å²) in [5.74, 6) is 2.22. The second-order valence-electron chi connectivity index (χ2n) is 5.74. The van der Waals surface area contributed by atoms with E-state index in [4.69, 9.17) is 8.83 Å². The molecule has 24 heavy (non-hydrogen) atoms. The van der Waals surface area contributed by atoms with Crippen LogP contribution in [0.5, 0.6) is 0 Å². The van der Waals surface area contributed by atoms with E-state index in [0.29, 0.717) is 22.9 Å². The Labute approximate surface area is 139 Å². The molecular weight excluding hydrogens is 306 g/mol. The Morgan fingerprint density at radius 1 is 1.12 bits per heavy atom. The highest BCUT2D eigenvalue weighted by atomic mass is 16.4. The number of carbonyl (C=O) groups is 1. The van der Waals surface area contributed by atoms with Gasteiger partial charge in [-0.05, 0) is 39.0 Å². The SMILES string of the molecule is Cc1cc(C(C)NC(=O)c2ccccc2-c2nnc(C)o2)c(C)o1. The minimum absolute atomic E-state index is 0.174. The highest BCUT2D eigenvalue weighted by molar-refractivity contribution is 6.00. The van der Waals surface area contributed by atoms with E-state index >= 15 is 0 Å². The van der Waals surface area contributed by atoms with Crippen LogP contribution in [0.15, 0.2) is 39.2 Å². The number of hydrogen-bond acceptors (Lipinski definition) is 5. The number of amides is 1. The van der Waals surface area contributed by atoms with E-state index < -0.39 is 0 Å². The van der Waals surface area contributed by atoms with Gasteiger partial charge in [-0.25, -0.2) is 0 Å². The quantitative estimate of drug-likeness (QED) is 0.790. The summed E-state index contributed by atoms with van der Waals surface area (Å²) in [5, 5.41) is 10.8. The summed E-state index contributed by atoms with van der Waals surface area (Å²) in [6.07, 6.45) is 0. The molecule has 3 aromatic rings. The fraction of sp³-hybridized carbons (Fsp3) is 0.278. The molecule has 3 rings (SSSR count). The number of nitrogens with zero attached hydrogens (tertiary/aromatic N) is 2. The van der Waals surface area contributed by atoms with E-state index in [1.807, 2.05) is 32.9 Å². The number of aryl methyl sites for hydroxylation is 3. The maximum Gasteiger partial charge on any atom is 0.252 e. The summed E-state index contributed by atoms with van der Waals surface area (Å²) in [7, 11) is 0. The zero-order valence-electron chi connectivity index (χ0n) is 14.1. The minimum atomic E-state index is -0.202. The van der Waals surface area contributed by atoms with E-state index in [9.17, 15) is 4.79 Å². The van der Waals surface area contributed by atoms with Crippen LogP contribution < -0.4 is 5.32 Å². The molecule has 0 aliphatic carbocycles. The first-order valence-corrected chi connectivity index (χ1v) is 7.73. The monoisotopic (exact) mass is 325 g/mol. The molecule has 0 bridgehead atoms. The molecule has 1 unspecified atom stereocenters. The number of benzene rings is 1. The van der Waals surface area contributed by atoms with Gasteiger partial charge < -0.3 is 14.2 Å². The molecule has 0 saturated carbocycles. The minimum Gasteiger partial charge on any atom is -0.466 e. The van der Waals surface area contributed by atoms with Gasteiger partial charge in [0.05, 0.1) is 17.2 Å². The van der Waals surface area contributed by atoms with Crippen LogP contribution in [0.3, 0.4) is 0 Å². The van der Waals surface area contributed by atoms with Gasteiger partial charge in [0.2, 0.25) is 11.8 Å². The number of carbonyl (C=O) groups excluding carboxylic acids is 1. The first kappa shape index (κ1) is 16.0. The standard InChI is InChI=1S/C18H19N3O3/c1-10-9-16(12(3)23-10)11(2)19-17(22)14-7-5-6-8-15(14)18-21-20-13(4)24-18/h5-9,11H,1-4H3,(H,19,22). The van der Waals surface area contributed by atoms with Crippen molar-refractivity contribution in [2.45, 2.75) is 33.7 Å². The Morgan fingerprint density at radius 3 is 2.50 bits per heavy atom. The van der Waals surface area contributed by atoms with Crippen LogP contribution in [0.4, 0.5) is 0 Å². The number of aromatic nitrogens is 2. The smallest absolute Gasteiger partial charge is 0.252 e. The molecule has 6 nitrogen and oxygen atoms in total. The third kappa shape index (κ3) is 3.08. The number of furan rings is 1. The maximum absolute atomic E-state index is 12.7. The summed E-state index contributed by atoms with van der Waals surface area (Å²) in [6.45, 7) is 7.42. The van der Waals surface area contributed by atoms with Crippen molar-refractivity contribution in [1.29, 1.82) is 0 Å². The molecule has 0 aliphatic rings. The largest absolute Gasteiger partial charge is 0.466 e. The number of rotatable bonds is 4. The van der Waals surface area contributed by atoms with Crippen molar-refractivity contribution in [3.63, 3.8) is 0 Å². The Morgan fingerprint density at radius 2 is 1.88 bits per heavy atom. The van der Waals surface area contributed by atoms with Crippen LogP contribution >= 0.6 is 0 Å². The molecule has 1 atom stereocenters. The van der Waals surface area contributed by atoms with Crippen molar-refractivity contribution in [3.8, 4) is 11.5 Å². The maximum atomic E-state index is 12.7. The van der Waals surface area contributed by atoms with E-state index in [-0.39, 0.29) is 11.9 Å². The summed E-state index contributed by atoms with van der Waals surface area (Å²) in [4.78, 5) is 12.7. The predicted octanol–water partition coefficient (Wildman–Crippen LogP) is 3.75. The molecule has 6 heteroatoms. The van der Waals surface area contributed by atoms with Gasteiger partial charge in [-0.2, -0.15) is 0 Å². The van der Waals surface area contributed by atoms with E-state index in [1.54, 1.807) is 25.1 Å². The summed E-state index contributed by atoms with van der Waals surface area (Å²) < 4.78 is 11.0. The van der Waals surface area contributed by atoms with Crippen molar-refractivity contribution < 1.29 is 13.6 Å². The Bertz CT molecular complexity index is 879. The Balaban J connectivity index is 1.87. The number of hydrogen-bond donors (Lipinski definition) is 1. The van der Waals surface area contributed by atoms with Gasteiger partial charge in [0.15, 0.2) is 0 Å².